The van der Waals surface area contributed by atoms with Crippen molar-refractivity contribution in [2.24, 2.45) is 5.10 Å². The second-order valence-corrected chi connectivity index (χ2v) is 6.41. The Kier molecular flexibility index (Phi) is 7.49. The summed E-state index contributed by atoms with van der Waals surface area (Å²) in [5, 5.41) is 4.49. The van der Waals surface area contributed by atoms with E-state index in [1.807, 2.05) is 19.9 Å². The molecule has 0 aliphatic rings. The third-order valence-electron chi connectivity index (χ3n) is 3.56. The summed E-state index contributed by atoms with van der Waals surface area (Å²) in [4.78, 5) is 12.1. The predicted octanol–water partition coefficient (Wildman–Crippen LogP) is 3.84. The molecule has 0 aliphatic heterocycles. The molecule has 144 valence electrons. The van der Waals surface area contributed by atoms with E-state index in [4.69, 9.17) is 25.8 Å². The molecule has 2 aromatic carbocycles. The van der Waals surface area contributed by atoms with Crippen molar-refractivity contribution < 1.29 is 19.0 Å². The highest BCUT2D eigenvalue weighted by atomic mass is 35.5. The summed E-state index contributed by atoms with van der Waals surface area (Å²) >= 11 is 6.11. The van der Waals surface area contributed by atoms with Gasteiger partial charge in [-0.25, -0.2) is 5.43 Å². The van der Waals surface area contributed by atoms with E-state index in [1.165, 1.54) is 6.21 Å². The molecule has 6 nitrogen and oxygen atoms in total. The number of ether oxygens (including phenoxy) is 3. The summed E-state index contributed by atoms with van der Waals surface area (Å²) in [6, 6.07) is 10.6. The molecular formula is C20H23ClN2O4. The van der Waals surface area contributed by atoms with Crippen LogP contribution in [0.4, 0.5) is 0 Å². The molecule has 0 atom stereocenters. The number of benzene rings is 2. The zero-order valence-electron chi connectivity index (χ0n) is 15.8. The molecule has 0 bridgehead atoms. The minimum absolute atomic E-state index is 0.0124. The number of hydrogen-bond acceptors (Lipinski definition) is 5. The molecule has 2 aromatic rings. The predicted molar refractivity (Wildman–Crippen MR) is 106 cm³/mol. The highest BCUT2D eigenvalue weighted by molar-refractivity contribution is 6.31. The largest absolute Gasteiger partial charge is 0.497 e. The lowest BCUT2D eigenvalue weighted by atomic mass is 10.1. The van der Waals surface area contributed by atoms with Crippen molar-refractivity contribution in [3.8, 4) is 17.2 Å². The Bertz CT molecular complexity index is 822. The van der Waals surface area contributed by atoms with Gasteiger partial charge in [0, 0.05) is 5.02 Å². The summed E-state index contributed by atoms with van der Waals surface area (Å²) in [5.74, 6) is 1.61. The van der Waals surface area contributed by atoms with Crippen LogP contribution < -0.4 is 19.6 Å². The molecule has 1 N–H and O–H groups in total. The normalized spacial score (nSPS) is 10.9. The molecule has 2 rings (SSSR count). The van der Waals surface area contributed by atoms with Crippen LogP contribution in [0.5, 0.6) is 17.2 Å². The van der Waals surface area contributed by atoms with Gasteiger partial charge in [-0.15, -0.1) is 0 Å². The van der Waals surface area contributed by atoms with Crippen molar-refractivity contribution in [1.82, 2.24) is 5.43 Å². The van der Waals surface area contributed by atoms with E-state index in [0.29, 0.717) is 27.8 Å². The molecule has 0 saturated heterocycles. The molecule has 27 heavy (non-hydrogen) atoms. The first kappa shape index (κ1) is 20.6. The Labute approximate surface area is 164 Å². The van der Waals surface area contributed by atoms with Gasteiger partial charge >= 0.3 is 0 Å². The maximum absolute atomic E-state index is 12.1. The second-order valence-electron chi connectivity index (χ2n) is 6.00. The molecule has 0 aromatic heterocycles. The van der Waals surface area contributed by atoms with Crippen LogP contribution in [0.25, 0.3) is 0 Å². The second kappa shape index (κ2) is 9.83. The number of methoxy groups -OCH3 is 2. The van der Waals surface area contributed by atoms with E-state index >= 15 is 0 Å². The number of carbonyl (C=O) groups is 1. The van der Waals surface area contributed by atoms with E-state index in [0.717, 1.165) is 5.56 Å². The Morgan fingerprint density at radius 2 is 1.93 bits per heavy atom. The van der Waals surface area contributed by atoms with Crippen LogP contribution in [0.3, 0.4) is 0 Å². The van der Waals surface area contributed by atoms with Crippen LogP contribution in [-0.4, -0.2) is 32.4 Å². The van der Waals surface area contributed by atoms with E-state index in [9.17, 15) is 4.79 Å². The van der Waals surface area contributed by atoms with Crippen LogP contribution in [-0.2, 0) is 11.2 Å². The SMILES string of the molecule is COc1ccc(Cl)c(CC(=O)N/N=C/c2ccc(OC)c(OC(C)C)c2)c1. The molecule has 1 amide bonds. The highest BCUT2D eigenvalue weighted by Crippen LogP contribution is 2.28. The minimum atomic E-state index is -0.284. The van der Waals surface area contributed by atoms with Gasteiger partial charge in [-0.2, -0.15) is 5.10 Å². The molecule has 0 spiro atoms. The third-order valence-corrected chi connectivity index (χ3v) is 3.93. The summed E-state index contributed by atoms with van der Waals surface area (Å²) in [6.45, 7) is 3.87. The summed E-state index contributed by atoms with van der Waals surface area (Å²) in [7, 11) is 3.14. The van der Waals surface area contributed by atoms with Crippen LogP contribution >= 0.6 is 11.6 Å². The lowest BCUT2D eigenvalue weighted by Crippen LogP contribution is -2.20. The topological polar surface area (TPSA) is 69.2 Å². The Balaban J connectivity index is 2.01. The number of nitrogens with zero attached hydrogens (tertiary/aromatic N) is 1. The van der Waals surface area contributed by atoms with E-state index in [-0.39, 0.29) is 18.4 Å². The fourth-order valence-electron chi connectivity index (χ4n) is 2.32. The van der Waals surface area contributed by atoms with Gasteiger partial charge in [0.05, 0.1) is 33.0 Å². The zero-order valence-corrected chi connectivity index (χ0v) is 16.5. The molecule has 0 radical (unpaired) electrons. The van der Waals surface area contributed by atoms with Crippen molar-refractivity contribution in [3.05, 3.63) is 52.5 Å². The molecule has 0 unspecified atom stereocenters. The third kappa shape index (κ3) is 6.18. The lowest BCUT2D eigenvalue weighted by molar-refractivity contribution is -0.120. The first-order valence-electron chi connectivity index (χ1n) is 8.42. The van der Waals surface area contributed by atoms with Gasteiger partial charge in [0.1, 0.15) is 5.75 Å². The van der Waals surface area contributed by atoms with Crippen LogP contribution in [0.15, 0.2) is 41.5 Å². The van der Waals surface area contributed by atoms with Gasteiger partial charge in [0.2, 0.25) is 5.91 Å². The number of nitrogens with one attached hydrogen (secondary N) is 1. The summed E-state index contributed by atoms with van der Waals surface area (Å²) < 4.78 is 16.1. The van der Waals surface area contributed by atoms with Crippen molar-refractivity contribution >= 4 is 23.7 Å². The molecular weight excluding hydrogens is 368 g/mol. The number of amides is 1. The lowest BCUT2D eigenvalue weighted by Gasteiger charge is -2.13. The zero-order chi connectivity index (χ0) is 19.8. The van der Waals surface area contributed by atoms with Crippen LogP contribution in [0, 0.1) is 0 Å². The van der Waals surface area contributed by atoms with Gasteiger partial charge in [0.25, 0.3) is 0 Å². The van der Waals surface area contributed by atoms with Gasteiger partial charge < -0.3 is 14.2 Å². The number of hydrogen-bond donors (Lipinski definition) is 1. The number of hydrazone groups is 1. The Morgan fingerprint density at radius 1 is 1.15 bits per heavy atom. The maximum Gasteiger partial charge on any atom is 0.244 e. The molecule has 0 saturated carbocycles. The number of carbonyl (C=O) groups excluding carboxylic acids is 1. The first-order chi connectivity index (χ1) is 12.9. The van der Waals surface area contributed by atoms with E-state index in [1.54, 1.807) is 44.6 Å². The fourth-order valence-corrected chi connectivity index (χ4v) is 2.51. The van der Waals surface area contributed by atoms with E-state index in [2.05, 4.69) is 10.5 Å². The quantitative estimate of drug-likeness (QED) is 0.549. The summed E-state index contributed by atoms with van der Waals surface area (Å²) in [5.41, 5.74) is 3.93. The van der Waals surface area contributed by atoms with Crippen LogP contribution in [0.2, 0.25) is 5.02 Å². The molecule has 0 heterocycles. The monoisotopic (exact) mass is 390 g/mol. The van der Waals surface area contributed by atoms with Crippen molar-refractivity contribution in [2.45, 2.75) is 26.4 Å². The molecule has 7 heteroatoms. The molecule has 0 fully saturated rings. The van der Waals surface area contributed by atoms with Crippen molar-refractivity contribution in [2.75, 3.05) is 14.2 Å². The van der Waals surface area contributed by atoms with Gasteiger partial charge in [-0.1, -0.05) is 11.6 Å². The van der Waals surface area contributed by atoms with Gasteiger partial charge in [-0.05, 0) is 61.4 Å². The first-order valence-corrected chi connectivity index (χ1v) is 8.79. The van der Waals surface area contributed by atoms with Gasteiger partial charge in [-0.3, -0.25) is 4.79 Å². The smallest absolute Gasteiger partial charge is 0.244 e. The number of rotatable bonds is 8. The Morgan fingerprint density at radius 3 is 2.59 bits per heavy atom. The average Bonchev–Trinajstić information content (AvgIpc) is 2.63. The van der Waals surface area contributed by atoms with Crippen LogP contribution in [0.1, 0.15) is 25.0 Å². The standard InChI is InChI=1S/C20H23ClN2O4/c1-13(2)27-19-9-14(5-8-18(19)26-4)12-22-23-20(24)11-15-10-16(25-3)6-7-17(15)21/h5-10,12-13H,11H2,1-4H3,(H,23,24)/b22-12+. The highest BCUT2D eigenvalue weighted by Gasteiger charge is 2.09. The van der Waals surface area contributed by atoms with Crippen molar-refractivity contribution in [1.29, 1.82) is 0 Å². The number of halogens is 1. The Hall–Kier alpha value is -2.73. The minimum Gasteiger partial charge on any atom is -0.497 e. The van der Waals surface area contributed by atoms with E-state index < -0.39 is 0 Å². The van der Waals surface area contributed by atoms with Gasteiger partial charge in [0.15, 0.2) is 11.5 Å². The fraction of sp³-hybridized carbons (Fsp3) is 0.300. The average molecular weight is 391 g/mol. The molecule has 0 aliphatic carbocycles. The van der Waals surface area contributed by atoms with Crippen molar-refractivity contribution in [3.63, 3.8) is 0 Å². The summed E-state index contributed by atoms with van der Waals surface area (Å²) in [6.07, 6.45) is 1.65. The maximum atomic E-state index is 12.1.